The van der Waals surface area contributed by atoms with Crippen LogP contribution in [0.5, 0.6) is 0 Å². The van der Waals surface area contributed by atoms with Crippen LogP contribution in [0, 0.1) is 0 Å². The first-order chi connectivity index (χ1) is 3.91. The van der Waals surface area contributed by atoms with E-state index >= 15 is 0 Å². The van der Waals surface area contributed by atoms with Crippen molar-refractivity contribution >= 4 is 23.9 Å². The third kappa shape index (κ3) is 5.36. The summed E-state index contributed by atoms with van der Waals surface area (Å²) in [6, 6.07) is 0. The van der Waals surface area contributed by atoms with E-state index in [1.807, 2.05) is 6.21 Å². The molecule has 1 rings (SSSR count). The minimum absolute atomic E-state index is 1.03. The van der Waals surface area contributed by atoms with E-state index in [9.17, 15) is 0 Å². The van der Waals surface area contributed by atoms with Crippen LogP contribution in [0.3, 0.4) is 0 Å². The Kier molecular flexibility index (Phi) is 5.85. The third-order valence-electron chi connectivity index (χ3n) is 0.568. The minimum atomic E-state index is 1.03. The smallest absolute Gasteiger partial charge is 0.0588 e. The van der Waals surface area contributed by atoms with Crippen LogP contribution in [0.25, 0.3) is 0 Å². The summed E-state index contributed by atoms with van der Waals surface area (Å²) in [5.74, 6) is 0. The highest BCUT2D eigenvalue weighted by atomic mass is 32.1. The van der Waals surface area contributed by atoms with Crippen LogP contribution in [0.4, 0.5) is 0 Å². The third-order valence-corrected chi connectivity index (χ3v) is 0.568. The molecule has 1 heterocycles. The zero-order valence-corrected chi connectivity index (χ0v) is 5.32. The van der Waals surface area contributed by atoms with Gasteiger partial charge >= 0.3 is 0 Å². The summed E-state index contributed by atoms with van der Waals surface area (Å²) in [5, 5.41) is 3.71. The predicted molar refractivity (Wildman–Crippen MR) is 39.0 cm³/mol. The number of nitrogens with one attached hydrogen (secondary N) is 1. The van der Waals surface area contributed by atoms with E-state index in [-0.39, 0.29) is 0 Å². The molecule has 0 unspecified atom stereocenters. The van der Waals surface area contributed by atoms with Gasteiger partial charge in [0.25, 0.3) is 0 Å². The van der Waals surface area contributed by atoms with Gasteiger partial charge in [0.1, 0.15) is 0 Å². The molecule has 0 aliphatic carbocycles. The molecular formula is C4H9N3S. The van der Waals surface area contributed by atoms with E-state index < -0.39 is 0 Å². The second-order valence-corrected chi connectivity index (χ2v) is 1.42. The molecule has 0 spiro atoms. The van der Waals surface area contributed by atoms with Gasteiger partial charge in [0, 0.05) is 19.2 Å². The number of rotatable bonds is 0. The van der Waals surface area contributed by atoms with Gasteiger partial charge in [0.2, 0.25) is 0 Å². The van der Waals surface area contributed by atoms with Crippen molar-refractivity contribution in [2.75, 3.05) is 6.54 Å². The van der Waals surface area contributed by atoms with Crippen molar-refractivity contribution in [3.8, 4) is 0 Å². The second-order valence-electron chi connectivity index (χ2n) is 1.14. The molecule has 4 heteroatoms. The molecule has 0 atom stereocenters. The lowest BCUT2D eigenvalue weighted by molar-refractivity contribution is 0.813. The van der Waals surface area contributed by atoms with Crippen LogP contribution in [0.15, 0.2) is 5.10 Å². The quantitative estimate of drug-likeness (QED) is 0.450. The SMILES string of the molecule is C1=NNCC1.NC=S. The minimum Gasteiger partial charge on any atom is -0.396 e. The van der Waals surface area contributed by atoms with Crippen LogP contribution in [0.2, 0.25) is 0 Å². The number of nitrogens with zero attached hydrogens (tertiary/aromatic N) is 1. The van der Waals surface area contributed by atoms with Gasteiger partial charge in [-0.25, -0.2) is 0 Å². The van der Waals surface area contributed by atoms with Crippen molar-refractivity contribution in [3.63, 3.8) is 0 Å². The van der Waals surface area contributed by atoms with Gasteiger partial charge in [-0.05, 0) is 0 Å². The summed E-state index contributed by atoms with van der Waals surface area (Å²) >= 11 is 4.05. The molecule has 46 valence electrons. The van der Waals surface area contributed by atoms with Crippen molar-refractivity contribution < 1.29 is 0 Å². The largest absolute Gasteiger partial charge is 0.396 e. The lowest BCUT2D eigenvalue weighted by Crippen LogP contribution is -1.96. The Hall–Kier alpha value is -0.640. The zero-order valence-electron chi connectivity index (χ0n) is 4.50. The van der Waals surface area contributed by atoms with E-state index in [0.717, 1.165) is 18.5 Å². The molecule has 0 aromatic heterocycles. The number of hydrogen-bond donors (Lipinski definition) is 2. The molecule has 1 aliphatic rings. The maximum Gasteiger partial charge on any atom is 0.0588 e. The molecule has 0 saturated heterocycles. The Morgan fingerprint density at radius 3 is 2.62 bits per heavy atom. The van der Waals surface area contributed by atoms with Crippen molar-refractivity contribution in [1.29, 1.82) is 0 Å². The maximum atomic E-state index is 4.54. The molecule has 3 N–H and O–H groups in total. The highest BCUT2D eigenvalue weighted by molar-refractivity contribution is 7.78. The summed E-state index contributed by atoms with van der Waals surface area (Å²) in [7, 11) is 0. The first-order valence-corrected chi connectivity index (χ1v) is 2.78. The molecule has 8 heavy (non-hydrogen) atoms. The standard InChI is InChI=1S/C3H6N2.CH3NS/c1-2-4-5-3-1;2-1-3/h2,5H,1,3H2;1H,(H2,2,3). The number of hydrogen-bond acceptors (Lipinski definition) is 3. The lowest BCUT2D eigenvalue weighted by atomic mass is 10.5. The molecule has 0 saturated carbocycles. The fourth-order valence-corrected chi connectivity index (χ4v) is 0.323. The molecule has 1 aliphatic heterocycles. The predicted octanol–water partition coefficient (Wildman–Crippen LogP) is -0.132. The Balaban J connectivity index is 0.000000145. The van der Waals surface area contributed by atoms with Crippen LogP contribution in [0.1, 0.15) is 6.42 Å². The summed E-state index contributed by atoms with van der Waals surface area (Å²) in [4.78, 5) is 0. The van der Waals surface area contributed by atoms with Gasteiger partial charge in [-0.1, -0.05) is 12.2 Å². The topological polar surface area (TPSA) is 50.4 Å². The molecular weight excluding hydrogens is 122 g/mol. The normalized spacial score (nSPS) is 13.5. The number of thiocarbonyl (C=S) groups is 1. The molecule has 0 radical (unpaired) electrons. The zero-order chi connectivity index (χ0) is 6.24. The van der Waals surface area contributed by atoms with Gasteiger partial charge in [-0.3, -0.25) is 0 Å². The first-order valence-electron chi connectivity index (χ1n) is 2.31. The number of hydrazone groups is 1. The summed E-state index contributed by atoms with van der Waals surface area (Å²) in [6.07, 6.45) is 2.97. The maximum absolute atomic E-state index is 4.54. The Morgan fingerprint density at radius 1 is 1.88 bits per heavy atom. The lowest BCUT2D eigenvalue weighted by Gasteiger charge is -1.76. The summed E-state index contributed by atoms with van der Waals surface area (Å²) in [5.41, 5.74) is 8.41. The van der Waals surface area contributed by atoms with Gasteiger partial charge in [0.15, 0.2) is 0 Å². The molecule has 3 nitrogen and oxygen atoms in total. The molecule has 0 aromatic rings. The van der Waals surface area contributed by atoms with Crippen LogP contribution in [-0.2, 0) is 0 Å². The van der Waals surface area contributed by atoms with Crippen molar-refractivity contribution in [3.05, 3.63) is 0 Å². The Morgan fingerprint density at radius 2 is 2.50 bits per heavy atom. The van der Waals surface area contributed by atoms with Gasteiger partial charge in [-0.2, -0.15) is 5.10 Å². The summed E-state index contributed by atoms with van der Waals surface area (Å²) < 4.78 is 0. The molecule has 0 fully saturated rings. The Labute approximate surface area is 53.9 Å². The van der Waals surface area contributed by atoms with E-state index in [1.54, 1.807) is 0 Å². The fraction of sp³-hybridized carbons (Fsp3) is 0.500. The number of nitrogens with two attached hydrogens (primary N) is 1. The van der Waals surface area contributed by atoms with E-state index in [1.165, 1.54) is 0 Å². The summed E-state index contributed by atoms with van der Waals surface area (Å²) in [6.45, 7) is 1.03. The van der Waals surface area contributed by atoms with Crippen molar-refractivity contribution in [2.24, 2.45) is 10.8 Å². The monoisotopic (exact) mass is 131 g/mol. The first kappa shape index (κ1) is 7.36. The van der Waals surface area contributed by atoms with Crippen LogP contribution < -0.4 is 11.2 Å². The average Bonchev–Trinajstić information content (AvgIpc) is 2.17. The second kappa shape index (κ2) is 6.36. The van der Waals surface area contributed by atoms with Crippen molar-refractivity contribution in [1.82, 2.24) is 5.43 Å². The molecule has 0 aromatic carbocycles. The van der Waals surface area contributed by atoms with Crippen molar-refractivity contribution in [2.45, 2.75) is 6.42 Å². The van der Waals surface area contributed by atoms with Crippen LogP contribution in [-0.4, -0.2) is 18.3 Å². The van der Waals surface area contributed by atoms with E-state index in [2.05, 4.69) is 28.5 Å². The molecule has 0 bridgehead atoms. The average molecular weight is 131 g/mol. The Bertz CT molecular complexity index is 75.4. The van der Waals surface area contributed by atoms with E-state index in [4.69, 9.17) is 0 Å². The fourth-order valence-electron chi connectivity index (χ4n) is 0.323. The molecule has 0 amide bonds. The van der Waals surface area contributed by atoms with Gasteiger partial charge in [0.05, 0.1) is 5.49 Å². The van der Waals surface area contributed by atoms with E-state index in [0.29, 0.717) is 0 Å². The highest BCUT2D eigenvalue weighted by Crippen LogP contribution is 1.75. The van der Waals surface area contributed by atoms with Gasteiger partial charge < -0.3 is 11.2 Å². The highest BCUT2D eigenvalue weighted by Gasteiger charge is 1.83. The van der Waals surface area contributed by atoms with Gasteiger partial charge in [-0.15, -0.1) is 0 Å². The van der Waals surface area contributed by atoms with Crippen LogP contribution >= 0.6 is 12.2 Å².